The summed E-state index contributed by atoms with van der Waals surface area (Å²) in [5.74, 6) is 0. The summed E-state index contributed by atoms with van der Waals surface area (Å²) in [4.78, 5) is 0. The first-order chi connectivity index (χ1) is 39.2. The molecule has 0 spiro atoms. The van der Waals surface area contributed by atoms with Crippen molar-refractivity contribution in [1.29, 1.82) is 0 Å². The van der Waals surface area contributed by atoms with Gasteiger partial charge in [0.2, 0.25) is 12.7 Å². The Morgan fingerprint density at radius 3 is 0.791 bits per heavy atom. The van der Waals surface area contributed by atoms with Crippen molar-refractivity contribution in [3.05, 3.63) is 266 Å². The second kappa shape index (κ2) is 34.3. The Balaban J connectivity index is 0.000000315. The first-order valence-electron chi connectivity index (χ1n) is 29.9. The van der Waals surface area contributed by atoms with E-state index in [9.17, 15) is 0 Å². The van der Waals surface area contributed by atoms with Gasteiger partial charge in [0.05, 0.1) is 24.5 Å². The van der Waals surface area contributed by atoms with Crippen LogP contribution in [0.15, 0.2) is 183 Å². The van der Waals surface area contributed by atoms with E-state index in [-0.39, 0.29) is 51.7 Å². The zero-order valence-electron chi connectivity index (χ0n) is 55.9. The molecule has 0 radical (unpaired) electrons. The van der Waals surface area contributed by atoms with E-state index in [2.05, 4.69) is 323 Å². The van der Waals surface area contributed by atoms with E-state index >= 15 is 0 Å². The van der Waals surface area contributed by atoms with E-state index in [4.69, 9.17) is 0 Å². The topological polar surface area (TPSA) is 17.6 Å². The number of hydrogen-bond donors (Lipinski definition) is 0. The van der Waals surface area contributed by atoms with Crippen LogP contribution >= 0.6 is 0 Å². The van der Waals surface area contributed by atoms with Gasteiger partial charge >= 0.3 is 51.7 Å². The molecule has 0 aliphatic rings. The largest absolute Gasteiger partial charge is 3.00 e. The maximum absolute atomic E-state index is 3.91. The van der Waals surface area contributed by atoms with Crippen LogP contribution in [0.25, 0.3) is 54.5 Å². The fourth-order valence-corrected chi connectivity index (χ4v) is 9.91. The summed E-state index contributed by atoms with van der Waals surface area (Å²) in [7, 11) is -3.44. The Hall–Kier alpha value is -4.69. The van der Waals surface area contributed by atoms with E-state index in [1.165, 1.54) is 99.0 Å². The molecule has 0 atom stereocenters. The third-order valence-electron chi connectivity index (χ3n) is 12.5. The SMILES string of the molecule is Cc1cc(C)c(-n2[c-][n+](CC[c-]3c4ccccc4c4ccccc43)cc2)c(C)c1.Cc1cc(C)c(-n2[c-][n+](CC[c-]3c4ccccc4c4ccccc43)cc2)c(C)c1.[CH2-][Si](C)(C)C.[CH2-][Si](C)(C)C.[CH2-][Si](C)(C)C.[CH2-][Si](C)(C)C.[Sc+3].[Sc+3].c1ccccc1. The maximum atomic E-state index is 3.91. The predicted octanol–water partition coefficient (Wildman–Crippen LogP) is 20.0. The Bertz CT molecular complexity index is 3340. The first-order valence-corrected chi connectivity index (χ1v) is 44.7. The number of imidazole rings is 2. The van der Waals surface area contributed by atoms with E-state index in [0.717, 1.165) is 25.9 Å². The van der Waals surface area contributed by atoms with Crippen LogP contribution in [-0.4, -0.2) is 41.4 Å². The molecule has 0 bridgehead atoms. The number of nitrogens with zero attached hydrogens (tertiary/aromatic N) is 4. The van der Waals surface area contributed by atoms with Gasteiger partial charge in [-0.25, -0.2) is 0 Å². The number of fused-ring (bicyclic) bond motifs is 6. The molecule has 10 heteroatoms. The number of aryl methyl sites for hydroxylation is 10. The molecular formula is C76H100N4Sc2Si4. The normalized spacial score (nSPS) is 11.1. The van der Waals surface area contributed by atoms with Crippen LogP contribution in [0, 0.1) is 80.4 Å². The molecule has 0 saturated heterocycles. The van der Waals surface area contributed by atoms with Crippen molar-refractivity contribution in [2.45, 2.75) is 146 Å². The molecule has 11 aromatic rings. The minimum atomic E-state index is -0.861. The number of aromatic nitrogens is 4. The Morgan fingerprint density at radius 1 is 0.360 bits per heavy atom. The third kappa shape index (κ3) is 25.8. The zero-order valence-corrected chi connectivity index (χ0v) is 63.5. The molecule has 0 aliphatic heterocycles. The van der Waals surface area contributed by atoms with Crippen molar-refractivity contribution in [3.8, 4) is 11.4 Å². The summed E-state index contributed by atoms with van der Waals surface area (Å²) in [5, 5.41) is 10.9. The van der Waals surface area contributed by atoms with Crippen LogP contribution in [0.5, 0.6) is 0 Å². The van der Waals surface area contributed by atoms with Crippen LogP contribution in [-0.2, 0) is 77.6 Å². The summed E-state index contributed by atoms with van der Waals surface area (Å²) in [6.45, 7) is 57.1. The summed E-state index contributed by atoms with van der Waals surface area (Å²) in [5.41, 5.74) is 13.1. The molecule has 0 N–H and O–H groups in total. The monoisotopic (exact) mass is 1270 g/mol. The molecule has 0 unspecified atom stereocenters. The minimum Gasteiger partial charge on any atom is -0.342 e. The van der Waals surface area contributed by atoms with Crippen LogP contribution in [0.2, 0.25) is 78.6 Å². The molecule has 446 valence electrons. The minimum absolute atomic E-state index is 0. The summed E-state index contributed by atoms with van der Waals surface area (Å²) >= 11 is 0. The van der Waals surface area contributed by atoms with E-state index in [0.29, 0.717) is 0 Å². The van der Waals surface area contributed by atoms with E-state index in [1.54, 1.807) is 0 Å². The second-order valence-electron chi connectivity index (χ2n) is 27.5. The van der Waals surface area contributed by atoms with Crippen molar-refractivity contribution in [1.82, 2.24) is 9.13 Å². The summed E-state index contributed by atoms with van der Waals surface area (Å²) < 4.78 is 8.61. The molecular weight excluding hydrogens is 1170 g/mol. The molecule has 0 amide bonds. The van der Waals surface area contributed by atoms with Crippen LogP contribution < -0.4 is 9.13 Å². The molecule has 2 heterocycles. The summed E-state index contributed by atoms with van der Waals surface area (Å²) in [6.07, 6.45) is 17.5. The van der Waals surface area contributed by atoms with Crippen molar-refractivity contribution in [3.63, 3.8) is 0 Å². The zero-order chi connectivity index (χ0) is 62.2. The molecule has 11 rings (SSSR count). The Kier molecular flexibility index (Phi) is 30.2. The van der Waals surface area contributed by atoms with Gasteiger partial charge in [-0.15, -0.1) is 111 Å². The smallest absolute Gasteiger partial charge is 0.342 e. The average Bonchev–Trinajstić information content (AvgIpc) is 2.69. The van der Waals surface area contributed by atoms with Gasteiger partial charge in [-0.2, -0.15) is 0 Å². The molecule has 0 saturated carbocycles. The molecule has 0 aliphatic carbocycles. The van der Waals surface area contributed by atoms with Crippen LogP contribution in [0.1, 0.15) is 44.5 Å². The van der Waals surface area contributed by atoms with Gasteiger partial charge in [0.25, 0.3) is 0 Å². The fraction of sp³-hybridized carbons (Fsp3) is 0.289. The van der Waals surface area contributed by atoms with Crippen molar-refractivity contribution < 1.29 is 60.8 Å². The molecule has 0 fully saturated rings. The van der Waals surface area contributed by atoms with Gasteiger partial charge in [0.15, 0.2) is 0 Å². The number of hydrogen-bond acceptors (Lipinski definition) is 0. The Labute approximate surface area is 563 Å². The second-order valence-corrected chi connectivity index (χ2v) is 47.9. The quantitative estimate of drug-likeness (QED) is 0.0820. The molecule has 2 aromatic heterocycles. The maximum Gasteiger partial charge on any atom is 3.00 e. The van der Waals surface area contributed by atoms with Gasteiger partial charge in [0, 0.05) is 24.8 Å². The standard InChI is InChI=1S/2C27H25N2.C6H6.4C4H11Si.2Sc/c2*1-19-16-20(2)27(21(3)17-19)29-15-14-28(18-29)13-12-26-24-10-6-4-8-22(24)23-9-5-7-11-25(23)26;1-2-4-6-5-3-1;4*1-5(2,3)4;;/h2*4-11,14-17H,12-13H2,1-3H3;1-6H;4*1H2,2-4H3;;/q2*-1;;4*-1;2*+3. The van der Waals surface area contributed by atoms with Gasteiger partial charge in [-0.1, -0.05) is 223 Å². The van der Waals surface area contributed by atoms with E-state index < -0.39 is 32.3 Å². The number of benzene rings is 7. The van der Waals surface area contributed by atoms with Gasteiger partial charge in [-0.3, -0.25) is 0 Å². The predicted molar refractivity (Wildman–Crippen MR) is 381 cm³/mol. The molecule has 86 heavy (non-hydrogen) atoms. The van der Waals surface area contributed by atoms with Gasteiger partial charge in [-0.05, 0) is 76.6 Å². The third-order valence-corrected chi connectivity index (χ3v) is 12.5. The average molecular weight is 1270 g/mol. The van der Waals surface area contributed by atoms with Crippen molar-refractivity contribution >= 4 is 75.4 Å². The Morgan fingerprint density at radius 2 is 0.570 bits per heavy atom. The first kappa shape index (κ1) is 75.6. The summed E-state index contributed by atoms with van der Waals surface area (Å²) in [6, 6.07) is 56.0. The molecule has 9 aromatic carbocycles. The van der Waals surface area contributed by atoms with E-state index in [1.807, 2.05) is 36.4 Å². The van der Waals surface area contributed by atoms with Gasteiger partial charge < -0.3 is 44.5 Å². The van der Waals surface area contributed by atoms with Gasteiger partial charge in [0.1, 0.15) is 0 Å². The van der Waals surface area contributed by atoms with Crippen LogP contribution in [0.3, 0.4) is 0 Å². The van der Waals surface area contributed by atoms with Crippen LogP contribution in [0.4, 0.5) is 0 Å². The van der Waals surface area contributed by atoms with Crippen molar-refractivity contribution in [2.24, 2.45) is 0 Å². The molecule has 4 nitrogen and oxygen atoms in total. The fourth-order valence-electron chi connectivity index (χ4n) is 9.91. The van der Waals surface area contributed by atoms with Crippen molar-refractivity contribution in [2.75, 3.05) is 0 Å². The number of rotatable bonds is 8.